The van der Waals surface area contributed by atoms with Gasteiger partial charge in [0.25, 0.3) is 0 Å². The smallest absolute Gasteiger partial charge is 0.328 e. The summed E-state index contributed by atoms with van der Waals surface area (Å²) in [5, 5.41) is 43.8. The van der Waals surface area contributed by atoms with E-state index in [2.05, 4.69) is 10.6 Å². The first-order valence-corrected chi connectivity index (χ1v) is 9.64. The molecule has 0 aromatic carbocycles. The van der Waals surface area contributed by atoms with Gasteiger partial charge in [0, 0.05) is 0 Å². The second-order valence-corrected chi connectivity index (χ2v) is 7.69. The predicted molar refractivity (Wildman–Crippen MR) is 106 cm³/mol. The van der Waals surface area contributed by atoms with Gasteiger partial charge in [0.05, 0.1) is 24.7 Å². The maximum Gasteiger partial charge on any atom is 0.328 e. The van der Waals surface area contributed by atoms with Crippen LogP contribution in [0.3, 0.4) is 0 Å². The molecule has 9 N–H and O–H groups in total. The zero-order valence-electron chi connectivity index (χ0n) is 17.9. The van der Waals surface area contributed by atoms with Gasteiger partial charge in [-0.05, 0) is 26.2 Å². The van der Waals surface area contributed by atoms with Crippen molar-refractivity contribution in [3.63, 3.8) is 0 Å². The number of aliphatic hydroxyl groups excluding tert-OH is 2. The van der Waals surface area contributed by atoms with Crippen LogP contribution in [0.15, 0.2) is 0 Å². The van der Waals surface area contributed by atoms with Gasteiger partial charge in [0.2, 0.25) is 17.7 Å². The van der Waals surface area contributed by atoms with Gasteiger partial charge in [0.15, 0.2) is 6.04 Å². The second kappa shape index (κ2) is 12.8. The van der Waals surface area contributed by atoms with Gasteiger partial charge in [-0.1, -0.05) is 13.8 Å². The normalized spacial score (nSPS) is 16.9. The molecule has 3 amide bonds. The third-order valence-corrected chi connectivity index (χ3v) is 4.18. The van der Waals surface area contributed by atoms with Gasteiger partial charge in [-0.3, -0.25) is 19.2 Å². The van der Waals surface area contributed by atoms with E-state index in [0.717, 1.165) is 6.92 Å². The monoisotopic (exact) mass is 448 g/mol. The molecule has 13 heteroatoms. The van der Waals surface area contributed by atoms with Crippen molar-refractivity contribution < 1.29 is 44.4 Å². The minimum Gasteiger partial charge on any atom is -0.481 e. The number of aliphatic hydroxyl groups is 2. The van der Waals surface area contributed by atoms with Crippen LogP contribution in [0, 0.1) is 5.92 Å². The summed E-state index contributed by atoms with van der Waals surface area (Å²) in [7, 11) is 0. The number of carboxylic acid groups (broad SMARTS) is 2. The summed E-state index contributed by atoms with van der Waals surface area (Å²) in [6.07, 6.45) is -3.44. The molecule has 0 aromatic rings. The lowest BCUT2D eigenvalue weighted by atomic mass is 10.0. The number of carbonyl (C=O) groups excluding carboxylic acids is 3. The highest BCUT2D eigenvalue weighted by atomic mass is 16.4. The zero-order valence-corrected chi connectivity index (χ0v) is 17.9. The van der Waals surface area contributed by atoms with Gasteiger partial charge >= 0.3 is 11.9 Å². The summed E-state index contributed by atoms with van der Waals surface area (Å²) in [6.45, 7) is 5.83. The Kier molecular flexibility index (Phi) is 11.7. The number of aliphatic carboxylic acids is 2. The third-order valence-electron chi connectivity index (χ3n) is 4.18. The molecule has 0 aliphatic heterocycles. The second-order valence-electron chi connectivity index (χ2n) is 7.69. The molecule has 0 fully saturated rings. The van der Waals surface area contributed by atoms with E-state index >= 15 is 0 Å². The van der Waals surface area contributed by atoms with Crippen molar-refractivity contribution in [2.24, 2.45) is 11.7 Å². The van der Waals surface area contributed by atoms with Crippen LogP contribution in [0.1, 0.15) is 40.5 Å². The quantitative estimate of drug-likeness (QED) is 0.144. The fraction of sp³-hybridized carbons (Fsp3) is 0.722. The zero-order chi connectivity index (χ0) is 24.5. The average Bonchev–Trinajstić information content (AvgIpc) is 2.61. The summed E-state index contributed by atoms with van der Waals surface area (Å²) in [6, 6.07) is -5.87. The highest BCUT2D eigenvalue weighted by Crippen LogP contribution is 2.07. The number of hydrogen-bond donors (Lipinski definition) is 8. The van der Waals surface area contributed by atoms with E-state index in [1.165, 1.54) is 6.92 Å². The Bertz CT molecular complexity index is 666. The van der Waals surface area contributed by atoms with Gasteiger partial charge in [-0.25, -0.2) is 4.79 Å². The molecule has 0 saturated carbocycles. The summed E-state index contributed by atoms with van der Waals surface area (Å²) in [5.41, 5.74) is 5.50. The standard InChI is InChI=1S/C18H32N4O9/c1-7(2)5-11(20-15(27)10(19)6-12(25)26)16(28)21-13(8(3)23)17(29)22-14(9(4)24)18(30)31/h7-11,13-14,23-24H,5-6,19H2,1-4H3,(H,20,27)(H,21,28)(H,22,29)(H,25,26)(H,30,31). The van der Waals surface area contributed by atoms with E-state index in [1.807, 2.05) is 5.32 Å². The lowest BCUT2D eigenvalue weighted by molar-refractivity contribution is -0.146. The van der Waals surface area contributed by atoms with Crippen LogP contribution in [0.5, 0.6) is 0 Å². The Balaban J connectivity index is 5.43. The van der Waals surface area contributed by atoms with Crippen molar-refractivity contribution in [1.82, 2.24) is 16.0 Å². The molecule has 31 heavy (non-hydrogen) atoms. The van der Waals surface area contributed by atoms with E-state index in [4.69, 9.17) is 15.9 Å². The van der Waals surface area contributed by atoms with E-state index in [0.29, 0.717) is 0 Å². The Morgan fingerprint density at radius 2 is 1.26 bits per heavy atom. The number of amides is 3. The van der Waals surface area contributed by atoms with E-state index in [9.17, 15) is 34.2 Å². The maximum absolute atomic E-state index is 12.7. The fourth-order valence-corrected chi connectivity index (χ4v) is 2.55. The molecule has 0 aromatic heterocycles. The molecule has 0 heterocycles. The van der Waals surface area contributed by atoms with Crippen molar-refractivity contribution in [2.75, 3.05) is 0 Å². The van der Waals surface area contributed by atoms with Gasteiger partial charge in [0.1, 0.15) is 12.1 Å². The highest BCUT2D eigenvalue weighted by molar-refractivity contribution is 5.95. The molecule has 0 aliphatic rings. The van der Waals surface area contributed by atoms with Crippen molar-refractivity contribution >= 4 is 29.7 Å². The molecule has 0 spiro atoms. The molecular formula is C18H32N4O9. The van der Waals surface area contributed by atoms with Crippen molar-refractivity contribution in [3.8, 4) is 0 Å². The van der Waals surface area contributed by atoms with Gasteiger partial charge < -0.3 is 42.1 Å². The lowest BCUT2D eigenvalue weighted by Gasteiger charge is -2.27. The molecule has 13 nitrogen and oxygen atoms in total. The summed E-state index contributed by atoms with van der Waals surface area (Å²) in [5.74, 6) is -5.73. The summed E-state index contributed by atoms with van der Waals surface area (Å²) >= 11 is 0. The number of hydrogen-bond acceptors (Lipinski definition) is 8. The largest absolute Gasteiger partial charge is 0.481 e. The van der Waals surface area contributed by atoms with Gasteiger partial charge in [-0.2, -0.15) is 0 Å². The van der Waals surface area contributed by atoms with E-state index in [1.54, 1.807) is 13.8 Å². The number of carboxylic acids is 2. The van der Waals surface area contributed by atoms with Crippen molar-refractivity contribution in [2.45, 2.75) is 76.9 Å². The molecule has 6 atom stereocenters. The SMILES string of the molecule is CC(C)CC(NC(=O)C(N)CC(=O)O)C(=O)NC(C(=O)NC(C(=O)O)C(C)O)C(C)O. The Labute approximate surface area is 179 Å². The first kappa shape index (κ1) is 28.2. The Morgan fingerprint density at radius 3 is 1.65 bits per heavy atom. The number of carbonyl (C=O) groups is 5. The molecule has 178 valence electrons. The third kappa shape index (κ3) is 10.2. The molecule has 0 saturated heterocycles. The van der Waals surface area contributed by atoms with E-state index in [-0.39, 0.29) is 12.3 Å². The molecule has 0 aliphatic carbocycles. The molecule has 0 rings (SSSR count). The number of nitrogens with one attached hydrogen (secondary N) is 3. The summed E-state index contributed by atoms with van der Waals surface area (Å²) < 4.78 is 0. The lowest BCUT2D eigenvalue weighted by Crippen LogP contribution is -2.61. The number of nitrogens with two attached hydrogens (primary N) is 1. The number of rotatable bonds is 13. The highest BCUT2D eigenvalue weighted by Gasteiger charge is 2.34. The Hall–Kier alpha value is -2.77. The first-order valence-electron chi connectivity index (χ1n) is 9.64. The van der Waals surface area contributed by atoms with Crippen molar-refractivity contribution in [1.29, 1.82) is 0 Å². The Morgan fingerprint density at radius 1 is 0.774 bits per heavy atom. The van der Waals surface area contributed by atoms with Crippen LogP contribution in [0.4, 0.5) is 0 Å². The molecule has 6 unspecified atom stereocenters. The van der Waals surface area contributed by atoms with Crippen molar-refractivity contribution in [3.05, 3.63) is 0 Å². The first-order chi connectivity index (χ1) is 14.2. The summed E-state index contributed by atoms with van der Waals surface area (Å²) in [4.78, 5) is 59.1. The molecule has 0 radical (unpaired) electrons. The van der Waals surface area contributed by atoms with Crippen LogP contribution in [-0.4, -0.2) is 86.5 Å². The van der Waals surface area contributed by atoms with Gasteiger partial charge in [-0.15, -0.1) is 0 Å². The van der Waals surface area contributed by atoms with E-state index < -0.39 is 72.5 Å². The van der Waals surface area contributed by atoms with Crippen LogP contribution >= 0.6 is 0 Å². The molecule has 0 bridgehead atoms. The molecular weight excluding hydrogens is 416 g/mol. The average molecular weight is 448 g/mol. The topological polar surface area (TPSA) is 228 Å². The van der Waals surface area contributed by atoms with Crippen LogP contribution in [0.2, 0.25) is 0 Å². The fourth-order valence-electron chi connectivity index (χ4n) is 2.55. The minimum absolute atomic E-state index is 0.0998. The van der Waals surface area contributed by atoms with Crippen LogP contribution in [0.25, 0.3) is 0 Å². The van der Waals surface area contributed by atoms with Crippen LogP contribution < -0.4 is 21.7 Å². The van der Waals surface area contributed by atoms with Crippen LogP contribution in [-0.2, 0) is 24.0 Å². The predicted octanol–water partition coefficient (Wildman–Crippen LogP) is -2.86. The minimum atomic E-state index is -1.68. The maximum atomic E-state index is 12.7.